The number of nitrogens with one attached hydrogen (secondary N) is 1. The van der Waals surface area contributed by atoms with Gasteiger partial charge < -0.3 is 14.5 Å². The number of hydrogen-bond donors (Lipinski definition) is 1. The number of rotatable bonds is 4. The van der Waals surface area contributed by atoms with Crippen LogP contribution in [0.25, 0.3) is 22.7 Å². The van der Waals surface area contributed by atoms with E-state index in [4.69, 9.17) is 9.15 Å². The standard InChI is InChI=1S/C21H17N3O3/c1-13-8-9-15(21-24-19-18(27-21)7-4-10-22-19)12-17(13)23-20(25)14-5-3-6-16(11-14)26-2/h3-12H,1-2H3,(H,23,25). The van der Waals surface area contributed by atoms with Gasteiger partial charge in [-0.25, -0.2) is 4.98 Å². The third-order valence-corrected chi connectivity index (χ3v) is 4.23. The molecule has 0 spiro atoms. The smallest absolute Gasteiger partial charge is 0.255 e. The van der Waals surface area contributed by atoms with Gasteiger partial charge in [0.1, 0.15) is 5.75 Å². The number of benzene rings is 2. The summed E-state index contributed by atoms with van der Waals surface area (Å²) >= 11 is 0. The van der Waals surface area contributed by atoms with Crippen molar-refractivity contribution in [2.75, 3.05) is 12.4 Å². The SMILES string of the molecule is COc1cccc(C(=O)Nc2cc(-c3nc4ncccc4o3)ccc2C)c1. The van der Waals surface area contributed by atoms with Crippen LogP contribution in [0.2, 0.25) is 0 Å². The molecule has 0 aliphatic carbocycles. The van der Waals surface area contributed by atoms with E-state index in [-0.39, 0.29) is 5.91 Å². The molecule has 2 aromatic heterocycles. The Morgan fingerprint density at radius 1 is 1.11 bits per heavy atom. The molecule has 0 aliphatic rings. The summed E-state index contributed by atoms with van der Waals surface area (Å²) in [5.74, 6) is 0.876. The van der Waals surface area contributed by atoms with Gasteiger partial charge in [-0.2, -0.15) is 4.98 Å². The molecule has 6 heteroatoms. The second kappa shape index (κ2) is 6.92. The highest BCUT2D eigenvalue weighted by Gasteiger charge is 2.13. The first-order valence-corrected chi connectivity index (χ1v) is 8.42. The highest BCUT2D eigenvalue weighted by Crippen LogP contribution is 2.27. The third-order valence-electron chi connectivity index (χ3n) is 4.23. The molecule has 1 N–H and O–H groups in total. The number of aryl methyl sites for hydroxylation is 1. The van der Waals surface area contributed by atoms with Crippen LogP contribution in [0.1, 0.15) is 15.9 Å². The topological polar surface area (TPSA) is 77.2 Å². The van der Waals surface area contributed by atoms with E-state index >= 15 is 0 Å². The molecule has 4 rings (SSSR count). The van der Waals surface area contributed by atoms with Gasteiger partial charge in [0.2, 0.25) is 5.89 Å². The number of oxazole rings is 1. The lowest BCUT2D eigenvalue weighted by Gasteiger charge is -2.10. The number of nitrogens with zero attached hydrogens (tertiary/aromatic N) is 2. The number of fused-ring (bicyclic) bond motifs is 1. The van der Waals surface area contributed by atoms with Gasteiger partial charge >= 0.3 is 0 Å². The van der Waals surface area contributed by atoms with Crippen molar-refractivity contribution in [1.29, 1.82) is 0 Å². The second-order valence-electron chi connectivity index (χ2n) is 6.06. The van der Waals surface area contributed by atoms with Crippen molar-refractivity contribution in [3.8, 4) is 17.2 Å². The fourth-order valence-corrected chi connectivity index (χ4v) is 2.74. The van der Waals surface area contributed by atoms with E-state index in [0.29, 0.717) is 34.1 Å². The van der Waals surface area contributed by atoms with Crippen LogP contribution in [0.4, 0.5) is 5.69 Å². The van der Waals surface area contributed by atoms with Gasteiger partial charge in [0.15, 0.2) is 11.2 Å². The van der Waals surface area contributed by atoms with Crippen molar-refractivity contribution in [1.82, 2.24) is 9.97 Å². The molecular weight excluding hydrogens is 342 g/mol. The average molecular weight is 359 g/mol. The van der Waals surface area contributed by atoms with Crippen molar-refractivity contribution in [3.05, 3.63) is 71.9 Å². The molecule has 0 unspecified atom stereocenters. The van der Waals surface area contributed by atoms with Crippen LogP contribution in [0.5, 0.6) is 5.75 Å². The minimum absolute atomic E-state index is 0.214. The Kier molecular flexibility index (Phi) is 4.30. The molecule has 1 amide bonds. The molecule has 0 aliphatic heterocycles. The van der Waals surface area contributed by atoms with Crippen molar-refractivity contribution >= 4 is 22.8 Å². The van der Waals surface area contributed by atoms with Crippen LogP contribution >= 0.6 is 0 Å². The van der Waals surface area contributed by atoms with Gasteiger partial charge in [0.25, 0.3) is 5.91 Å². The summed E-state index contributed by atoms with van der Waals surface area (Å²) in [4.78, 5) is 21.2. The number of ether oxygens (including phenoxy) is 1. The monoisotopic (exact) mass is 359 g/mol. The largest absolute Gasteiger partial charge is 0.497 e. The molecule has 0 saturated carbocycles. The maximum absolute atomic E-state index is 12.6. The second-order valence-corrected chi connectivity index (χ2v) is 6.06. The maximum atomic E-state index is 12.6. The van der Waals surface area contributed by atoms with Crippen molar-refractivity contribution in [2.45, 2.75) is 6.92 Å². The lowest BCUT2D eigenvalue weighted by atomic mass is 10.1. The summed E-state index contributed by atoms with van der Waals surface area (Å²) in [6, 6.07) is 16.3. The van der Waals surface area contributed by atoms with E-state index < -0.39 is 0 Å². The summed E-state index contributed by atoms with van der Waals surface area (Å²) in [6.45, 7) is 1.93. The molecule has 0 saturated heterocycles. The first-order chi connectivity index (χ1) is 13.1. The molecule has 2 aromatic carbocycles. The van der Waals surface area contributed by atoms with Gasteiger partial charge in [0.05, 0.1) is 7.11 Å². The average Bonchev–Trinajstić information content (AvgIpc) is 3.14. The highest BCUT2D eigenvalue weighted by atomic mass is 16.5. The lowest BCUT2D eigenvalue weighted by Crippen LogP contribution is -2.12. The van der Waals surface area contributed by atoms with Crippen molar-refractivity contribution in [2.24, 2.45) is 0 Å². The maximum Gasteiger partial charge on any atom is 0.255 e. The minimum atomic E-state index is -0.214. The van der Waals surface area contributed by atoms with E-state index in [1.165, 1.54) is 0 Å². The summed E-state index contributed by atoms with van der Waals surface area (Å²) in [6.07, 6.45) is 1.67. The predicted molar refractivity (Wildman–Crippen MR) is 103 cm³/mol. The molecule has 0 radical (unpaired) electrons. The lowest BCUT2D eigenvalue weighted by molar-refractivity contribution is 0.102. The predicted octanol–water partition coefficient (Wildman–Crippen LogP) is 4.46. The third kappa shape index (κ3) is 3.37. The van der Waals surface area contributed by atoms with E-state index in [2.05, 4.69) is 15.3 Å². The van der Waals surface area contributed by atoms with Gasteiger partial charge in [0, 0.05) is 23.0 Å². The fraction of sp³-hybridized carbons (Fsp3) is 0.0952. The molecular formula is C21H17N3O3. The van der Waals surface area contributed by atoms with Crippen LogP contribution < -0.4 is 10.1 Å². The number of anilines is 1. The van der Waals surface area contributed by atoms with Crippen molar-refractivity contribution < 1.29 is 13.9 Å². The number of aromatic nitrogens is 2. The fourth-order valence-electron chi connectivity index (χ4n) is 2.74. The molecule has 0 fully saturated rings. The molecule has 0 atom stereocenters. The van der Waals surface area contributed by atoms with Gasteiger partial charge in [-0.1, -0.05) is 12.1 Å². The van der Waals surface area contributed by atoms with E-state index in [1.807, 2.05) is 31.2 Å². The first kappa shape index (κ1) is 16.8. The Bertz CT molecular complexity index is 1100. The summed E-state index contributed by atoms with van der Waals surface area (Å²) < 4.78 is 10.9. The van der Waals surface area contributed by atoms with Crippen LogP contribution in [0.15, 0.2) is 65.2 Å². The number of carbonyl (C=O) groups is 1. The molecule has 0 bridgehead atoms. The first-order valence-electron chi connectivity index (χ1n) is 8.42. The van der Waals surface area contributed by atoms with Crippen LogP contribution in [-0.4, -0.2) is 23.0 Å². The highest BCUT2D eigenvalue weighted by molar-refractivity contribution is 6.05. The zero-order valence-corrected chi connectivity index (χ0v) is 14.9. The zero-order chi connectivity index (χ0) is 18.8. The molecule has 4 aromatic rings. The number of hydrogen-bond acceptors (Lipinski definition) is 5. The Morgan fingerprint density at radius 3 is 2.81 bits per heavy atom. The molecule has 27 heavy (non-hydrogen) atoms. The van der Waals surface area contributed by atoms with Crippen LogP contribution in [-0.2, 0) is 0 Å². The molecule has 134 valence electrons. The van der Waals surface area contributed by atoms with Gasteiger partial charge in [-0.15, -0.1) is 0 Å². The Morgan fingerprint density at radius 2 is 2.00 bits per heavy atom. The Hall–Kier alpha value is -3.67. The summed E-state index contributed by atoms with van der Waals surface area (Å²) in [5, 5.41) is 2.94. The van der Waals surface area contributed by atoms with Crippen LogP contribution in [0, 0.1) is 6.92 Å². The minimum Gasteiger partial charge on any atom is -0.497 e. The van der Waals surface area contributed by atoms with E-state index in [0.717, 1.165) is 11.1 Å². The van der Waals surface area contributed by atoms with Gasteiger partial charge in [-0.05, 0) is 55.0 Å². The summed E-state index contributed by atoms with van der Waals surface area (Å²) in [5.41, 5.74) is 4.08. The number of amides is 1. The quantitative estimate of drug-likeness (QED) is 0.582. The number of carbonyl (C=O) groups excluding carboxylic acids is 1. The Labute approximate surface area is 155 Å². The zero-order valence-electron chi connectivity index (χ0n) is 14.9. The number of pyridine rings is 1. The Balaban J connectivity index is 1.65. The summed E-state index contributed by atoms with van der Waals surface area (Å²) in [7, 11) is 1.57. The molecule has 2 heterocycles. The molecule has 6 nitrogen and oxygen atoms in total. The van der Waals surface area contributed by atoms with Crippen molar-refractivity contribution in [3.63, 3.8) is 0 Å². The normalized spacial score (nSPS) is 10.7. The van der Waals surface area contributed by atoms with E-state index in [1.54, 1.807) is 43.6 Å². The van der Waals surface area contributed by atoms with Crippen LogP contribution in [0.3, 0.4) is 0 Å². The number of methoxy groups -OCH3 is 1. The van der Waals surface area contributed by atoms with Gasteiger partial charge in [-0.3, -0.25) is 4.79 Å². The van der Waals surface area contributed by atoms with E-state index in [9.17, 15) is 4.79 Å².